The Balaban J connectivity index is 2.21. The van der Waals surface area contributed by atoms with Gasteiger partial charge in [-0.25, -0.2) is 4.79 Å². The number of carbonyl (C=O) groups is 1. The van der Waals surface area contributed by atoms with Crippen LogP contribution in [0.4, 0.5) is 0 Å². The summed E-state index contributed by atoms with van der Waals surface area (Å²) in [6.07, 6.45) is 1.01. The van der Waals surface area contributed by atoms with Crippen LogP contribution < -0.4 is 0 Å². The average Bonchev–Trinajstić information content (AvgIpc) is 2.73. The number of ether oxygens (including phenoxy) is 1. The van der Waals surface area contributed by atoms with E-state index >= 15 is 0 Å². The molecule has 4 heteroatoms. The monoisotopic (exact) mass is 276 g/mol. The molecule has 1 aromatic carbocycles. The van der Waals surface area contributed by atoms with Crippen LogP contribution >= 0.6 is 0 Å². The van der Waals surface area contributed by atoms with Gasteiger partial charge in [0.05, 0.1) is 6.10 Å². The van der Waals surface area contributed by atoms with Gasteiger partial charge in [-0.2, -0.15) is 0 Å². The minimum atomic E-state index is -0.981. The van der Waals surface area contributed by atoms with Gasteiger partial charge in [0.15, 0.2) is 0 Å². The van der Waals surface area contributed by atoms with Gasteiger partial charge in [0.25, 0.3) is 0 Å². The predicted molar refractivity (Wildman–Crippen MR) is 76.9 cm³/mol. The second-order valence-electron chi connectivity index (χ2n) is 5.45. The number of hydrogen-bond donors (Lipinski definition) is 1. The molecule has 108 valence electrons. The third-order valence-electron chi connectivity index (χ3n) is 3.18. The first-order valence-corrected chi connectivity index (χ1v) is 6.84. The van der Waals surface area contributed by atoms with Gasteiger partial charge in [0.2, 0.25) is 0 Å². The van der Waals surface area contributed by atoms with E-state index in [1.165, 1.54) is 0 Å². The molecule has 0 aliphatic carbocycles. The van der Waals surface area contributed by atoms with Crippen molar-refractivity contribution in [2.45, 2.75) is 39.9 Å². The number of carboxylic acid groups (broad SMARTS) is 1. The molecule has 0 saturated carbocycles. The van der Waals surface area contributed by atoms with Crippen molar-refractivity contribution in [3.8, 4) is 0 Å². The molecule has 1 N–H and O–H groups in total. The summed E-state index contributed by atoms with van der Waals surface area (Å²) in [5.41, 5.74) is 0.789. The highest BCUT2D eigenvalue weighted by atomic mass is 16.5. The maximum absolute atomic E-state index is 11.4. The van der Waals surface area contributed by atoms with E-state index in [0.717, 1.165) is 6.42 Å². The number of carboxylic acids is 1. The number of fused-ring (bicyclic) bond motifs is 1. The first-order valence-electron chi connectivity index (χ1n) is 6.84. The molecule has 2 rings (SSSR count). The number of hydrogen-bond acceptors (Lipinski definition) is 3. The highest BCUT2D eigenvalue weighted by molar-refractivity contribution is 6.03. The van der Waals surface area contributed by atoms with Crippen LogP contribution in [0.15, 0.2) is 28.7 Å². The van der Waals surface area contributed by atoms with Crippen molar-refractivity contribution in [1.29, 1.82) is 0 Å². The highest BCUT2D eigenvalue weighted by Gasteiger charge is 2.20. The molecule has 1 aromatic heterocycles. The molecule has 0 radical (unpaired) electrons. The Kier molecular flexibility index (Phi) is 4.45. The molecule has 1 unspecified atom stereocenters. The van der Waals surface area contributed by atoms with Gasteiger partial charge in [-0.3, -0.25) is 0 Å². The lowest BCUT2D eigenvalue weighted by molar-refractivity contribution is 0.0296. The van der Waals surface area contributed by atoms with Gasteiger partial charge in [-0.1, -0.05) is 32.0 Å². The summed E-state index contributed by atoms with van der Waals surface area (Å²) in [5, 5.41) is 9.97. The highest BCUT2D eigenvalue weighted by Crippen LogP contribution is 2.27. The molecular formula is C16H20O4. The number of rotatable bonds is 6. The van der Waals surface area contributed by atoms with E-state index in [0.29, 0.717) is 22.6 Å². The maximum Gasteiger partial charge on any atom is 0.340 e. The largest absolute Gasteiger partial charge is 0.478 e. The van der Waals surface area contributed by atoms with E-state index in [1.54, 1.807) is 18.2 Å². The molecule has 2 aromatic rings. The van der Waals surface area contributed by atoms with Crippen LogP contribution in [0.2, 0.25) is 0 Å². The van der Waals surface area contributed by atoms with Crippen LogP contribution in [0.25, 0.3) is 11.0 Å². The summed E-state index contributed by atoms with van der Waals surface area (Å²) >= 11 is 0. The molecule has 0 aliphatic heterocycles. The lowest BCUT2D eigenvalue weighted by Crippen LogP contribution is -2.12. The van der Waals surface area contributed by atoms with Gasteiger partial charge in [0.1, 0.15) is 23.5 Å². The molecule has 4 nitrogen and oxygen atoms in total. The SMILES string of the molecule is CC(C)CC(C)OCc1oc2ccccc2c1C(=O)O. The molecule has 1 atom stereocenters. The van der Waals surface area contributed by atoms with Crippen LogP contribution in [0.3, 0.4) is 0 Å². The second-order valence-corrected chi connectivity index (χ2v) is 5.45. The van der Waals surface area contributed by atoms with Gasteiger partial charge >= 0.3 is 5.97 Å². The molecule has 0 bridgehead atoms. The summed E-state index contributed by atoms with van der Waals surface area (Å²) in [6.45, 7) is 6.43. The summed E-state index contributed by atoms with van der Waals surface area (Å²) in [5.74, 6) is -0.0565. The summed E-state index contributed by atoms with van der Waals surface area (Å²) < 4.78 is 11.3. The number of furan rings is 1. The van der Waals surface area contributed by atoms with Crippen molar-refractivity contribution in [3.63, 3.8) is 0 Å². The molecule has 0 saturated heterocycles. The van der Waals surface area contributed by atoms with E-state index in [1.807, 2.05) is 13.0 Å². The standard InChI is InChI=1S/C16H20O4/c1-10(2)8-11(3)19-9-14-15(16(17)18)12-6-4-5-7-13(12)20-14/h4-7,10-11H,8-9H2,1-3H3,(H,17,18). The Labute approximate surface area is 118 Å². The van der Waals surface area contributed by atoms with Crippen LogP contribution in [0.5, 0.6) is 0 Å². The summed E-state index contributed by atoms with van der Waals surface area (Å²) in [6, 6.07) is 7.14. The zero-order valence-corrected chi connectivity index (χ0v) is 12.1. The number of aromatic carboxylic acids is 1. The average molecular weight is 276 g/mol. The lowest BCUT2D eigenvalue weighted by atomic mass is 10.1. The minimum absolute atomic E-state index is 0.0739. The summed E-state index contributed by atoms with van der Waals surface area (Å²) in [7, 11) is 0. The fourth-order valence-corrected chi connectivity index (χ4v) is 2.38. The van der Waals surface area contributed by atoms with E-state index in [-0.39, 0.29) is 18.3 Å². The van der Waals surface area contributed by atoms with Gasteiger partial charge in [0, 0.05) is 5.39 Å². The van der Waals surface area contributed by atoms with Crippen LogP contribution in [0.1, 0.15) is 43.3 Å². The first-order chi connectivity index (χ1) is 9.49. The zero-order chi connectivity index (χ0) is 14.7. The van der Waals surface area contributed by atoms with Crippen molar-refractivity contribution in [2.75, 3.05) is 0 Å². The van der Waals surface area contributed by atoms with Gasteiger partial charge < -0.3 is 14.3 Å². The van der Waals surface area contributed by atoms with Gasteiger partial charge in [-0.15, -0.1) is 0 Å². The van der Waals surface area contributed by atoms with Gasteiger partial charge in [-0.05, 0) is 25.3 Å². The Morgan fingerprint density at radius 3 is 2.65 bits per heavy atom. The van der Waals surface area contributed by atoms with Crippen molar-refractivity contribution >= 4 is 16.9 Å². The minimum Gasteiger partial charge on any atom is -0.478 e. The number of para-hydroxylation sites is 1. The topological polar surface area (TPSA) is 59.7 Å². The molecule has 1 heterocycles. The third-order valence-corrected chi connectivity index (χ3v) is 3.18. The smallest absolute Gasteiger partial charge is 0.340 e. The Hall–Kier alpha value is -1.81. The first kappa shape index (κ1) is 14.6. The molecule has 20 heavy (non-hydrogen) atoms. The van der Waals surface area contributed by atoms with Crippen molar-refractivity contribution in [3.05, 3.63) is 35.6 Å². The van der Waals surface area contributed by atoms with Crippen LogP contribution in [0, 0.1) is 5.92 Å². The maximum atomic E-state index is 11.4. The predicted octanol–water partition coefficient (Wildman–Crippen LogP) is 4.08. The molecule has 0 fully saturated rings. The van der Waals surface area contributed by atoms with E-state index in [2.05, 4.69) is 13.8 Å². The zero-order valence-electron chi connectivity index (χ0n) is 12.1. The van der Waals surface area contributed by atoms with E-state index < -0.39 is 5.97 Å². The van der Waals surface area contributed by atoms with Crippen molar-refractivity contribution < 1.29 is 19.1 Å². The second kappa shape index (κ2) is 6.09. The Morgan fingerprint density at radius 1 is 1.30 bits per heavy atom. The summed E-state index contributed by atoms with van der Waals surface area (Å²) in [4.78, 5) is 11.4. The fraction of sp³-hybridized carbons (Fsp3) is 0.438. The quantitative estimate of drug-likeness (QED) is 0.863. The van der Waals surface area contributed by atoms with Crippen molar-refractivity contribution in [1.82, 2.24) is 0 Å². The normalized spacial score (nSPS) is 13.0. The lowest BCUT2D eigenvalue weighted by Gasteiger charge is -2.14. The van der Waals surface area contributed by atoms with E-state index in [4.69, 9.17) is 9.15 Å². The Morgan fingerprint density at radius 2 is 2.00 bits per heavy atom. The van der Waals surface area contributed by atoms with Crippen LogP contribution in [-0.2, 0) is 11.3 Å². The van der Waals surface area contributed by atoms with E-state index in [9.17, 15) is 9.90 Å². The van der Waals surface area contributed by atoms with Crippen molar-refractivity contribution in [2.24, 2.45) is 5.92 Å². The Bertz CT molecular complexity index is 598. The molecule has 0 amide bonds. The molecule has 0 aliphatic rings. The molecule has 0 spiro atoms. The number of benzene rings is 1. The third kappa shape index (κ3) is 3.20. The van der Waals surface area contributed by atoms with Crippen LogP contribution in [-0.4, -0.2) is 17.2 Å². The fourth-order valence-electron chi connectivity index (χ4n) is 2.38. The molecular weight excluding hydrogens is 256 g/mol.